The van der Waals surface area contributed by atoms with Crippen LogP contribution in [0.25, 0.3) is 66.1 Å². The molecule has 2 heteroatoms. The predicted octanol–water partition coefficient (Wildman–Crippen LogP) is 13.8. The lowest BCUT2D eigenvalue weighted by Crippen LogP contribution is -2.16. The van der Waals surface area contributed by atoms with E-state index in [0.717, 1.165) is 39.0 Å². The summed E-state index contributed by atoms with van der Waals surface area (Å²) in [6.07, 6.45) is 0. The molecule has 1 aliphatic rings. The molecule has 9 aromatic rings. The minimum atomic E-state index is -0.0843. The highest BCUT2D eigenvalue weighted by Gasteiger charge is 2.35. The van der Waals surface area contributed by atoms with Crippen molar-refractivity contribution in [3.05, 3.63) is 187 Å². The van der Waals surface area contributed by atoms with E-state index in [-0.39, 0.29) is 5.41 Å². The summed E-state index contributed by atoms with van der Waals surface area (Å²) in [4.78, 5) is 2.39. The van der Waals surface area contributed by atoms with Crippen LogP contribution in [-0.2, 0) is 5.41 Å². The van der Waals surface area contributed by atoms with E-state index in [1.807, 2.05) is 12.1 Å². The van der Waals surface area contributed by atoms with Gasteiger partial charge in [-0.25, -0.2) is 0 Å². The van der Waals surface area contributed by atoms with Gasteiger partial charge in [-0.3, -0.25) is 0 Å². The predicted molar refractivity (Wildman–Crippen MR) is 214 cm³/mol. The van der Waals surface area contributed by atoms with Crippen LogP contribution in [0, 0.1) is 0 Å². The number of fused-ring (bicyclic) bond motifs is 7. The SMILES string of the molecule is CC1(C)c2ccccc2-c2ccc(N(c3ccc(-c4ccccc4)cc3)c3ccc(-c4ccc5cc6oc7ccccc7c6cc5c4)cc3)cc21. The van der Waals surface area contributed by atoms with Gasteiger partial charge >= 0.3 is 0 Å². The highest BCUT2D eigenvalue weighted by atomic mass is 16.3. The second-order valence-electron chi connectivity index (χ2n) is 14.2. The van der Waals surface area contributed by atoms with Gasteiger partial charge in [-0.1, -0.05) is 129 Å². The molecule has 0 atom stereocenters. The lowest BCUT2D eigenvalue weighted by Gasteiger charge is -2.28. The first-order valence-corrected chi connectivity index (χ1v) is 17.7. The van der Waals surface area contributed by atoms with Crippen molar-refractivity contribution in [1.29, 1.82) is 0 Å². The molecular formula is C49H35NO. The van der Waals surface area contributed by atoms with E-state index >= 15 is 0 Å². The molecule has 242 valence electrons. The van der Waals surface area contributed by atoms with Crippen molar-refractivity contribution in [2.24, 2.45) is 0 Å². The van der Waals surface area contributed by atoms with Gasteiger partial charge in [0.05, 0.1) is 0 Å². The fourth-order valence-electron chi connectivity index (χ4n) is 8.16. The van der Waals surface area contributed by atoms with Crippen molar-refractivity contribution >= 4 is 49.8 Å². The Morgan fingerprint density at radius 2 is 1.00 bits per heavy atom. The van der Waals surface area contributed by atoms with Crippen LogP contribution in [0.15, 0.2) is 180 Å². The van der Waals surface area contributed by atoms with Gasteiger partial charge < -0.3 is 9.32 Å². The van der Waals surface area contributed by atoms with Crippen LogP contribution >= 0.6 is 0 Å². The molecule has 0 saturated carbocycles. The minimum absolute atomic E-state index is 0.0843. The number of para-hydroxylation sites is 1. The van der Waals surface area contributed by atoms with Gasteiger partial charge in [0.2, 0.25) is 0 Å². The summed E-state index contributed by atoms with van der Waals surface area (Å²) >= 11 is 0. The topological polar surface area (TPSA) is 16.4 Å². The molecular weight excluding hydrogens is 619 g/mol. The van der Waals surface area contributed by atoms with E-state index < -0.39 is 0 Å². The largest absolute Gasteiger partial charge is 0.456 e. The van der Waals surface area contributed by atoms with Gasteiger partial charge in [-0.15, -0.1) is 0 Å². The van der Waals surface area contributed by atoms with Gasteiger partial charge in [0.15, 0.2) is 0 Å². The van der Waals surface area contributed by atoms with Crippen molar-refractivity contribution in [2.75, 3.05) is 4.90 Å². The Bertz CT molecular complexity index is 2750. The molecule has 0 aliphatic heterocycles. The number of furan rings is 1. The van der Waals surface area contributed by atoms with Crippen LogP contribution in [0.5, 0.6) is 0 Å². The smallest absolute Gasteiger partial charge is 0.136 e. The Hall–Kier alpha value is -6.38. The summed E-state index contributed by atoms with van der Waals surface area (Å²) in [5.41, 5.74) is 15.4. The maximum absolute atomic E-state index is 6.16. The Balaban J connectivity index is 1.06. The first kappa shape index (κ1) is 29.5. The first-order valence-electron chi connectivity index (χ1n) is 17.7. The van der Waals surface area contributed by atoms with Crippen molar-refractivity contribution in [3.63, 3.8) is 0 Å². The van der Waals surface area contributed by atoms with Gasteiger partial charge in [0, 0.05) is 33.2 Å². The maximum atomic E-state index is 6.16. The molecule has 0 N–H and O–H groups in total. The van der Waals surface area contributed by atoms with E-state index in [2.05, 4.69) is 183 Å². The molecule has 0 spiro atoms. The molecule has 0 bridgehead atoms. The number of nitrogens with zero attached hydrogens (tertiary/aromatic N) is 1. The molecule has 51 heavy (non-hydrogen) atoms. The molecule has 1 aliphatic carbocycles. The Labute approximate surface area is 297 Å². The van der Waals surface area contributed by atoms with Crippen LogP contribution in [0.4, 0.5) is 17.1 Å². The fourth-order valence-corrected chi connectivity index (χ4v) is 8.16. The monoisotopic (exact) mass is 653 g/mol. The number of hydrogen-bond donors (Lipinski definition) is 0. The minimum Gasteiger partial charge on any atom is -0.456 e. The number of rotatable bonds is 5. The van der Waals surface area contributed by atoms with E-state index in [1.54, 1.807) is 0 Å². The van der Waals surface area contributed by atoms with Crippen LogP contribution < -0.4 is 4.90 Å². The van der Waals surface area contributed by atoms with Crippen LogP contribution in [-0.4, -0.2) is 0 Å². The molecule has 8 aromatic carbocycles. The van der Waals surface area contributed by atoms with E-state index in [9.17, 15) is 0 Å². The molecule has 2 nitrogen and oxygen atoms in total. The van der Waals surface area contributed by atoms with Gasteiger partial charge in [0.25, 0.3) is 0 Å². The summed E-state index contributed by atoms with van der Waals surface area (Å²) < 4.78 is 6.16. The van der Waals surface area contributed by atoms with E-state index in [0.29, 0.717) is 0 Å². The summed E-state index contributed by atoms with van der Waals surface area (Å²) in [5.74, 6) is 0. The lowest BCUT2D eigenvalue weighted by molar-refractivity contribution is 0.660. The molecule has 1 heterocycles. The van der Waals surface area contributed by atoms with Crippen LogP contribution in [0.2, 0.25) is 0 Å². The maximum Gasteiger partial charge on any atom is 0.136 e. The normalized spacial score (nSPS) is 13.1. The molecule has 0 amide bonds. The first-order chi connectivity index (χ1) is 25.0. The third kappa shape index (κ3) is 4.79. The van der Waals surface area contributed by atoms with Crippen molar-refractivity contribution in [3.8, 4) is 33.4 Å². The van der Waals surface area contributed by atoms with Crippen molar-refractivity contribution in [1.82, 2.24) is 0 Å². The van der Waals surface area contributed by atoms with Gasteiger partial charge in [-0.2, -0.15) is 0 Å². The van der Waals surface area contributed by atoms with E-state index in [4.69, 9.17) is 4.42 Å². The quantitative estimate of drug-likeness (QED) is 0.184. The molecule has 0 unspecified atom stereocenters. The zero-order valence-corrected chi connectivity index (χ0v) is 28.6. The number of hydrogen-bond acceptors (Lipinski definition) is 2. The third-order valence-corrected chi connectivity index (χ3v) is 10.9. The zero-order chi connectivity index (χ0) is 34.1. The van der Waals surface area contributed by atoms with Crippen molar-refractivity contribution in [2.45, 2.75) is 19.3 Å². The highest BCUT2D eigenvalue weighted by Crippen LogP contribution is 2.50. The number of anilines is 3. The zero-order valence-electron chi connectivity index (χ0n) is 28.6. The van der Waals surface area contributed by atoms with Crippen molar-refractivity contribution < 1.29 is 4.42 Å². The summed E-state index contributed by atoms with van der Waals surface area (Å²) in [5, 5.41) is 4.69. The van der Waals surface area contributed by atoms with Gasteiger partial charge in [0.1, 0.15) is 11.2 Å². The fraction of sp³-hybridized carbons (Fsp3) is 0.0612. The van der Waals surface area contributed by atoms with Crippen LogP contribution in [0.3, 0.4) is 0 Å². The average molecular weight is 654 g/mol. The molecule has 0 saturated heterocycles. The summed E-state index contributed by atoms with van der Waals surface area (Å²) in [7, 11) is 0. The highest BCUT2D eigenvalue weighted by molar-refractivity contribution is 6.10. The second-order valence-corrected chi connectivity index (χ2v) is 14.2. The Morgan fingerprint density at radius 3 is 1.78 bits per heavy atom. The Kier molecular flexibility index (Phi) is 6.56. The van der Waals surface area contributed by atoms with Crippen LogP contribution in [0.1, 0.15) is 25.0 Å². The second kappa shape index (κ2) is 11.3. The Morgan fingerprint density at radius 1 is 0.392 bits per heavy atom. The summed E-state index contributed by atoms with van der Waals surface area (Å²) in [6.45, 7) is 4.69. The average Bonchev–Trinajstić information content (AvgIpc) is 3.65. The molecule has 1 aromatic heterocycles. The molecule has 0 fully saturated rings. The molecule has 10 rings (SSSR count). The number of benzene rings is 8. The van der Waals surface area contributed by atoms with Gasteiger partial charge in [-0.05, 0) is 116 Å². The summed E-state index contributed by atoms with van der Waals surface area (Å²) in [6, 6.07) is 63.8. The lowest BCUT2D eigenvalue weighted by atomic mass is 9.82. The molecule has 0 radical (unpaired) electrons. The van der Waals surface area contributed by atoms with E-state index in [1.165, 1.54) is 55.3 Å². The third-order valence-electron chi connectivity index (χ3n) is 10.9. The standard InChI is InChI=1S/C49H35NO/c1-49(2)45-14-8-6-12-41(45)42-27-26-40(31-46(42)49)50(38-22-18-33(19-23-38)32-10-4-3-5-11-32)39-24-20-34(21-25-39)35-16-17-36-30-48-44(29-37(36)28-35)43-13-7-9-15-47(43)51-48/h3-31H,1-2H3.